The van der Waals surface area contributed by atoms with Gasteiger partial charge in [-0.3, -0.25) is 14.5 Å². The lowest BCUT2D eigenvalue weighted by Crippen LogP contribution is -2.30. The number of hydrogen-bond donors (Lipinski definition) is 2. The molecular formula is C24H16F3NO5. The van der Waals surface area contributed by atoms with Crippen LogP contribution in [0, 0.1) is 17.5 Å². The number of ether oxygens (including phenoxy) is 1. The van der Waals surface area contributed by atoms with Gasteiger partial charge < -0.3 is 14.9 Å². The molecule has 3 aromatic rings. The molecule has 0 aromatic heterocycles. The van der Waals surface area contributed by atoms with E-state index in [2.05, 4.69) is 0 Å². The number of rotatable bonds is 4. The summed E-state index contributed by atoms with van der Waals surface area (Å²) in [6, 6.07) is 9.48. The molecule has 9 heteroatoms. The average Bonchev–Trinajstić information content (AvgIpc) is 3.05. The van der Waals surface area contributed by atoms with Gasteiger partial charge in [-0.05, 0) is 48.0 Å². The molecule has 3 aromatic carbocycles. The Bertz CT molecular complexity index is 1320. The third-order valence-electron chi connectivity index (χ3n) is 5.21. The van der Waals surface area contributed by atoms with E-state index in [9.17, 15) is 33.0 Å². The van der Waals surface area contributed by atoms with Crippen LogP contribution in [0.15, 0.2) is 66.2 Å². The van der Waals surface area contributed by atoms with Crippen molar-refractivity contribution in [1.29, 1.82) is 0 Å². The molecule has 1 saturated heterocycles. The van der Waals surface area contributed by atoms with Crippen molar-refractivity contribution in [1.82, 2.24) is 0 Å². The Morgan fingerprint density at radius 1 is 0.970 bits per heavy atom. The van der Waals surface area contributed by atoms with E-state index < -0.39 is 52.2 Å². The Hall–Kier alpha value is -4.27. The SMILES string of the molecule is COc1ccc(F)cc1/C(O)=C1\C(=O)C(=O)N(c2cc(F)ccc2F)C1c1cccc(O)c1. The van der Waals surface area contributed by atoms with E-state index in [0.29, 0.717) is 4.90 Å². The lowest BCUT2D eigenvalue weighted by molar-refractivity contribution is -0.132. The van der Waals surface area contributed by atoms with Gasteiger partial charge in [0.15, 0.2) is 0 Å². The third-order valence-corrected chi connectivity index (χ3v) is 5.21. The molecule has 6 nitrogen and oxygen atoms in total. The number of Topliss-reactive ketones (excluding diaryl/α,β-unsaturated/α-hetero) is 1. The first-order chi connectivity index (χ1) is 15.7. The van der Waals surface area contributed by atoms with Gasteiger partial charge in [0.2, 0.25) is 0 Å². The molecule has 4 rings (SSSR count). The number of phenolic OH excluding ortho intramolecular Hbond substituents is 1. The molecule has 0 saturated carbocycles. The van der Waals surface area contributed by atoms with Gasteiger partial charge in [0, 0.05) is 6.07 Å². The molecule has 0 bridgehead atoms. The summed E-state index contributed by atoms with van der Waals surface area (Å²) in [6.07, 6.45) is 0. The molecule has 2 N–H and O–H groups in total. The zero-order valence-corrected chi connectivity index (χ0v) is 17.1. The van der Waals surface area contributed by atoms with Crippen molar-refractivity contribution in [2.24, 2.45) is 0 Å². The molecule has 0 aliphatic carbocycles. The molecule has 1 aliphatic rings. The molecule has 1 fully saturated rings. The highest BCUT2D eigenvalue weighted by molar-refractivity contribution is 6.51. The first kappa shape index (κ1) is 21.9. The summed E-state index contributed by atoms with van der Waals surface area (Å²) in [5.41, 5.74) is -1.16. The number of aliphatic hydroxyl groups excluding tert-OH is 1. The van der Waals surface area contributed by atoms with Gasteiger partial charge in [0.1, 0.15) is 34.7 Å². The molecule has 1 amide bonds. The minimum Gasteiger partial charge on any atom is -0.508 e. The van der Waals surface area contributed by atoms with Crippen LogP contribution in [-0.2, 0) is 9.59 Å². The van der Waals surface area contributed by atoms with Crippen LogP contribution in [0.25, 0.3) is 5.76 Å². The molecule has 0 radical (unpaired) electrons. The van der Waals surface area contributed by atoms with Crippen LogP contribution < -0.4 is 9.64 Å². The van der Waals surface area contributed by atoms with Crippen molar-refractivity contribution in [3.8, 4) is 11.5 Å². The van der Waals surface area contributed by atoms with Gasteiger partial charge in [-0.15, -0.1) is 0 Å². The fourth-order valence-electron chi connectivity index (χ4n) is 3.77. The summed E-state index contributed by atoms with van der Waals surface area (Å²) >= 11 is 0. The van der Waals surface area contributed by atoms with Crippen LogP contribution in [0.3, 0.4) is 0 Å². The standard InChI is InChI=1S/C24H16F3NO5/c1-33-19-8-6-13(25)10-16(19)22(30)20-21(12-3-2-4-15(29)9-12)28(24(32)23(20)31)18-11-14(26)5-7-17(18)27/h2-11,21,29-30H,1H3/b22-20+. The number of halogens is 3. The van der Waals surface area contributed by atoms with E-state index in [1.165, 1.54) is 37.4 Å². The summed E-state index contributed by atoms with van der Waals surface area (Å²) in [5.74, 6) is -6.08. The normalized spacial score (nSPS) is 17.5. The average molecular weight is 455 g/mol. The van der Waals surface area contributed by atoms with Crippen LogP contribution in [0.5, 0.6) is 11.5 Å². The van der Waals surface area contributed by atoms with Crippen molar-refractivity contribution in [3.05, 3.63) is 94.8 Å². The van der Waals surface area contributed by atoms with Crippen LogP contribution in [0.4, 0.5) is 18.9 Å². The molecule has 1 unspecified atom stereocenters. The van der Waals surface area contributed by atoms with E-state index >= 15 is 0 Å². The maximum atomic E-state index is 14.6. The number of anilines is 1. The second kappa shape index (κ2) is 8.34. The fraction of sp³-hybridized carbons (Fsp3) is 0.0833. The number of phenols is 1. The zero-order chi connectivity index (χ0) is 23.9. The summed E-state index contributed by atoms with van der Waals surface area (Å²) in [4.78, 5) is 26.7. The van der Waals surface area contributed by atoms with Crippen molar-refractivity contribution >= 4 is 23.1 Å². The van der Waals surface area contributed by atoms with E-state index in [1.807, 2.05) is 0 Å². The highest BCUT2D eigenvalue weighted by Gasteiger charge is 2.48. The van der Waals surface area contributed by atoms with E-state index in [1.54, 1.807) is 0 Å². The molecule has 0 spiro atoms. The van der Waals surface area contributed by atoms with Crippen molar-refractivity contribution in [2.75, 3.05) is 12.0 Å². The van der Waals surface area contributed by atoms with Crippen molar-refractivity contribution in [2.45, 2.75) is 6.04 Å². The van der Waals surface area contributed by atoms with Gasteiger partial charge in [0.05, 0.1) is 30.0 Å². The Balaban J connectivity index is 2.03. The Morgan fingerprint density at radius 3 is 2.36 bits per heavy atom. The summed E-state index contributed by atoms with van der Waals surface area (Å²) in [7, 11) is 1.26. The van der Waals surface area contributed by atoms with E-state index in [-0.39, 0.29) is 22.6 Å². The summed E-state index contributed by atoms with van der Waals surface area (Å²) in [5, 5.41) is 21.0. The monoisotopic (exact) mass is 455 g/mol. The largest absolute Gasteiger partial charge is 0.508 e. The third kappa shape index (κ3) is 3.78. The number of aliphatic hydroxyl groups is 1. The second-order valence-electron chi connectivity index (χ2n) is 7.20. The molecule has 1 aliphatic heterocycles. The lowest BCUT2D eigenvalue weighted by atomic mass is 9.94. The van der Waals surface area contributed by atoms with Crippen LogP contribution in [-0.4, -0.2) is 29.0 Å². The number of ketones is 1. The highest BCUT2D eigenvalue weighted by Crippen LogP contribution is 2.44. The number of carbonyl (C=O) groups is 2. The van der Waals surface area contributed by atoms with Crippen LogP contribution in [0.1, 0.15) is 17.2 Å². The minimum atomic E-state index is -1.46. The second-order valence-corrected chi connectivity index (χ2v) is 7.20. The Kier molecular flexibility index (Phi) is 5.55. The molecule has 1 atom stereocenters. The maximum absolute atomic E-state index is 14.6. The lowest BCUT2D eigenvalue weighted by Gasteiger charge is -2.26. The van der Waals surface area contributed by atoms with E-state index in [0.717, 1.165) is 30.3 Å². The fourth-order valence-corrected chi connectivity index (χ4v) is 3.77. The first-order valence-corrected chi connectivity index (χ1v) is 9.61. The van der Waals surface area contributed by atoms with Gasteiger partial charge in [-0.25, -0.2) is 13.2 Å². The van der Waals surface area contributed by atoms with Gasteiger partial charge in [0.25, 0.3) is 11.7 Å². The quantitative estimate of drug-likeness (QED) is 0.345. The molecular weight excluding hydrogens is 439 g/mol. The summed E-state index contributed by atoms with van der Waals surface area (Å²) in [6.45, 7) is 0. The van der Waals surface area contributed by atoms with Crippen LogP contribution in [0.2, 0.25) is 0 Å². The zero-order valence-electron chi connectivity index (χ0n) is 17.1. The smallest absolute Gasteiger partial charge is 0.300 e. The van der Waals surface area contributed by atoms with Gasteiger partial charge >= 0.3 is 0 Å². The van der Waals surface area contributed by atoms with E-state index in [4.69, 9.17) is 4.74 Å². The van der Waals surface area contributed by atoms with Crippen molar-refractivity contribution < 1.29 is 37.7 Å². The number of aromatic hydroxyl groups is 1. The number of carbonyl (C=O) groups excluding carboxylic acids is 2. The number of amides is 1. The number of nitrogens with zero attached hydrogens (tertiary/aromatic N) is 1. The molecule has 1 heterocycles. The number of methoxy groups -OCH3 is 1. The number of hydrogen-bond acceptors (Lipinski definition) is 5. The Morgan fingerprint density at radius 2 is 1.67 bits per heavy atom. The predicted molar refractivity (Wildman–Crippen MR) is 112 cm³/mol. The topological polar surface area (TPSA) is 87.1 Å². The predicted octanol–water partition coefficient (Wildman–Crippen LogP) is 4.44. The Labute approximate surface area is 185 Å². The van der Waals surface area contributed by atoms with Crippen LogP contribution >= 0.6 is 0 Å². The van der Waals surface area contributed by atoms with Gasteiger partial charge in [-0.2, -0.15) is 0 Å². The molecule has 33 heavy (non-hydrogen) atoms. The van der Waals surface area contributed by atoms with Crippen molar-refractivity contribution in [3.63, 3.8) is 0 Å². The summed E-state index contributed by atoms with van der Waals surface area (Å²) < 4.78 is 47.6. The maximum Gasteiger partial charge on any atom is 0.300 e. The molecule has 168 valence electrons. The first-order valence-electron chi connectivity index (χ1n) is 9.61. The highest BCUT2D eigenvalue weighted by atomic mass is 19.1. The van der Waals surface area contributed by atoms with Gasteiger partial charge in [-0.1, -0.05) is 12.1 Å². The minimum absolute atomic E-state index is 0.00620. The number of benzene rings is 3.